The molecule has 0 unspecified atom stereocenters. The number of rotatable bonds is 6. The number of benzene rings is 2. The first kappa shape index (κ1) is 19.9. The Morgan fingerprint density at radius 3 is 2.14 bits per heavy atom. The molecule has 0 bridgehead atoms. The fourth-order valence-electron chi connectivity index (χ4n) is 3.36. The number of aromatic nitrogens is 2. The average Bonchev–Trinajstić information content (AvgIpc) is 3.04. The van der Waals surface area contributed by atoms with Crippen LogP contribution in [0.4, 0.5) is 0 Å². The number of primary amides is 1. The molecule has 0 aliphatic rings. The second-order valence-electron chi connectivity index (χ2n) is 8.50. The maximum Gasteiger partial charge on any atom is 0.252 e. The van der Waals surface area contributed by atoms with Crippen LogP contribution in [0.2, 0.25) is 0 Å². The molecule has 2 aromatic carbocycles. The molecule has 0 aliphatic heterocycles. The lowest BCUT2D eigenvalue weighted by Gasteiger charge is -2.19. The summed E-state index contributed by atoms with van der Waals surface area (Å²) in [6.45, 7) is 8.66. The summed E-state index contributed by atoms with van der Waals surface area (Å²) in [6, 6.07) is 16.9. The van der Waals surface area contributed by atoms with E-state index in [9.17, 15) is 4.79 Å². The fraction of sp³-hybridized carbons (Fsp3) is 0.333. The maximum absolute atomic E-state index is 12.1. The Morgan fingerprint density at radius 1 is 0.964 bits per heavy atom. The van der Waals surface area contributed by atoms with Gasteiger partial charge < -0.3 is 5.73 Å². The predicted molar refractivity (Wildman–Crippen MR) is 114 cm³/mol. The Balaban J connectivity index is 1.77. The number of amides is 1. The molecule has 4 heteroatoms. The summed E-state index contributed by atoms with van der Waals surface area (Å²) >= 11 is 0. The normalized spacial score (nSPS) is 11.6. The fourth-order valence-corrected chi connectivity index (χ4v) is 3.36. The Hall–Kier alpha value is -2.88. The number of carbonyl (C=O) groups is 1. The summed E-state index contributed by atoms with van der Waals surface area (Å²) < 4.78 is 0. The van der Waals surface area contributed by atoms with Crippen molar-refractivity contribution in [1.29, 1.82) is 0 Å². The number of hydrogen-bond donors (Lipinski definition) is 2. The van der Waals surface area contributed by atoms with E-state index in [0.717, 1.165) is 23.4 Å². The van der Waals surface area contributed by atoms with Crippen LogP contribution in [0.1, 0.15) is 64.8 Å². The number of nitrogens with zero attached hydrogens (tertiary/aromatic N) is 1. The number of aromatic amines is 1. The molecule has 0 fully saturated rings. The van der Waals surface area contributed by atoms with Gasteiger partial charge in [0.1, 0.15) is 0 Å². The summed E-state index contributed by atoms with van der Waals surface area (Å²) in [5, 5.41) is 7.44. The second-order valence-corrected chi connectivity index (χ2v) is 8.50. The molecule has 4 nitrogen and oxygen atoms in total. The van der Waals surface area contributed by atoms with Gasteiger partial charge in [-0.05, 0) is 41.9 Å². The SMILES string of the molecule is Cc1ccc(CCc2n[nH]c(Cc3ccc(C(C)(C)C)cc3)c2C(N)=O)cc1. The third-order valence-electron chi connectivity index (χ3n) is 5.13. The summed E-state index contributed by atoms with van der Waals surface area (Å²) in [5.74, 6) is -0.422. The summed E-state index contributed by atoms with van der Waals surface area (Å²) in [7, 11) is 0. The monoisotopic (exact) mass is 375 g/mol. The Morgan fingerprint density at radius 2 is 1.57 bits per heavy atom. The molecule has 0 spiro atoms. The molecule has 3 aromatic rings. The van der Waals surface area contributed by atoms with Crippen molar-refractivity contribution in [3.8, 4) is 0 Å². The van der Waals surface area contributed by atoms with Crippen LogP contribution in [0.5, 0.6) is 0 Å². The minimum Gasteiger partial charge on any atom is -0.365 e. The highest BCUT2D eigenvalue weighted by Crippen LogP contribution is 2.23. The zero-order chi connectivity index (χ0) is 20.3. The Bertz CT molecular complexity index is 945. The molecule has 1 heterocycles. The van der Waals surface area contributed by atoms with Crippen LogP contribution in [-0.4, -0.2) is 16.1 Å². The van der Waals surface area contributed by atoms with Crippen LogP contribution in [0.3, 0.4) is 0 Å². The van der Waals surface area contributed by atoms with Gasteiger partial charge in [0.2, 0.25) is 0 Å². The van der Waals surface area contributed by atoms with E-state index in [0.29, 0.717) is 18.4 Å². The van der Waals surface area contributed by atoms with Crippen LogP contribution in [0.15, 0.2) is 48.5 Å². The minimum atomic E-state index is -0.422. The number of nitrogens with two attached hydrogens (primary N) is 1. The molecule has 146 valence electrons. The molecule has 0 radical (unpaired) electrons. The highest BCUT2D eigenvalue weighted by molar-refractivity contribution is 5.95. The molecule has 1 amide bonds. The van der Waals surface area contributed by atoms with E-state index in [-0.39, 0.29) is 5.41 Å². The first-order chi connectivity index (χ1) is 13.2. The van der Waals surface area contributed by atoms with Gasteiger partial charge in [-0.2, -0.15) is 5.10 Å². The third-order valence-corrected chi connectivity index (χ3v) is 5.13. The van der Waals surface area contributed by atoms with Crippen molar-refractivity contribution in [2.24, 2.45) is 5.73 Å². The van der Waals surface area contributed by atoms with Crippen LogP contribution in [-0.2, 0) is 24.7 Å². The Kier molecular flexibility index (Phi) is 5.68. The lowest BCUT2D eigenvalue weighted by molar-refractivity contribution is 0.0998. The number of nitrogens with one attached hydrogen (secondary N) is 1. The summed E-state index contributed by atoms with van der Waals surface area (Å²) in [6.07, 6.45) is 2.12. The van der Waals surface area contributed by atoms with Gasteiger partial charge in [0, 0.05) is 6.42 Å². The van der Waals surface area contributed by atoms with E-state index < -0.39 is 5.91 Å². The molecule has 0 saturated heterocycles. The number of H-pyrrole nitrogens is 1. The first-order valence-electron chi connectivity index (χ1n) is 9.75. The lowest BCUT2D eigenvalue weighted by Crippen LogP contribution is -2.15. The van der Waals surface area contributed by atoms with Crippen LogP contribution in [0, 0.1) is 6.92 Å². The van der Waals surface area contributed by atoms with E-state index in [1.165, 1.54) is 16.7 Å². The smallest absolute Gasteiger partial charge is 0.252 e. The third kappa shape index (κ3) is 4.69. The topological polar surface area (TPSA) is 71.8 Å². The second kappa shape index (κ2) is 8.01. The molecule has 1 aromatic heterocycles. The zero-order valence-corrected chi connectivity index (χ0v) is 17.2. The van der Waals surface area contributed by atoms with Crippen molar-refractivity contribution >= 4 is 5.91 Å². The van der Waals surface area contributed by atoms with Crippen molar-refractivity contribution < 1.29 is 4.79 Å². The van der Waals surface area contributed by atoms with Gasteiger partial charge in [0.05, 0.1) is 17.0 Å². The van der Waals surface area contributed by atoms with Gasteiger partial charge in [0.15, 0.2) is 0 Å². The van der Waals surface area contributed by atoms with Crippen LogP contribution < -0.4 is 5.73 Å². The van der Waals surface area contributed by atoms with Crippen molar-refractivity contribution in [3.05, 3.63) is 87.7 Å². The van der Waals surface area contributed by atoms with Gasteiger partial charge >= 0.3 is 0 Å². The number of hydrogen-bond acceptors (Lipinski definition) is 2. The Labute approximate surface area is 167 Å². The number of aryl methyl sites for hydroxylation is 3. The van der Waals surface area contributed by atoms with Crippen LogP contribution >= 0.6 is 0 Å². The van der Waals surface area contributed by atoms with Gasteiger partial charge in [-0.3, -0.25) is 9.89 Å². The van der Waals surface area contributed by atoms with Crippen molar-refractivity contribution in [3.63, 3.8) is 0 Å². The van der Waals surface area contributed by atoms with E-state index in [1.54, 1.807) is 0 Å². The molecule has 3 N–H and O–H groups in total. The summed E-state index contributed by atoms with van der Waals surface area (Å²) in [4.78, 5) is 12.1. The van der Waals surface area contributed by atoms with E-state index in [4.69, 9.17) is 5.73 Å². The molecule has 0 atom stereocenters. The quantitative estimate of drug-likeness (QED) is 0.666. The summed E-state index contributed by atoms with van der Waals surface area (Å²) in [5.41, 5.74) is 12.7. The highest BCUT2D eigenvalue weighted by Gasteiger charge is 2.19. The zero-order valence-electron chi connectivity index (χ0n) is 17.2. The van der Waals surface area contributed by atoms with E-state index in [2.05, 4.69) is 86.4 Å². The first-order valence-corrected chi connectivity index (χ1v) is 9.75. The molecular formula is C24H29N3O. The minimum absolute atomic E-state index is 0.119. The van der Waals surface area contributed by atoms with Gasteiger partial charge in [0.25, 0.3) is 5.91 Å². The van der Waals surface area contributed by atoms with Crippen LogP contribution in [0.25, 0.3) is 0 Å². The van der Waals surface area contributed by atoms with E-state index >= 15 is 0 Å². The molecule has 28 heavy (non-hydrogen) atoms. The maximum atomic E-state index is 12.1. The molecule has 3 rings (SSSR count). The highest BCUT2D eigenvalue weighted by atomic mass is 16.1. The van der Waals surface area contributed by atoms with E-state index in [1.807, 2.05) is 0 Å². The van der Waals surface area contributed by atoms with Gasteiger partial charge in [-0.25, -0.2) is 0 Å². The molecule has 0 aliphatic carbocycles. The lowest BCUT2D eigenvalue weighted by atomic mass is 9.86. The largest absolute Gasteiger partial charge is 0.365 e. The molecular weight excluding hydrogens is 346 g/mol. The molecule has 0 saturated carbocycles. The standard InChI is InChI=1S/C24H29N3O/c1-16-5-7-17(8-6-16)11-14-20-22(23(25)28)21(27-26-20)15-18-9-12-19(13-10-18)24(2,3)4/h5-10,12-13H,11,14-15H2,1-4H3,(H2,25,28)(H,26,27). The van der Waals surface area contributed by atoms with Crippen molar-refractivity contribution in [1.82, 2.24) is 10.2 Å². The van der Waals surface area contributed by atoms with Gasteiger partial charge in [-0.15, -0.1) is 0 Å². The van der Waals surface area contributed by atoms with Gasteiger partial charge in [-0.1, -0.05) is 74.9 Å². The predicted octanol–water partition coefficient (Wildman–Crippen LogP) is 4.49. The van der Waals surface area contributed by atoms with Crippen molar-refractivity contribution in [2.45, 2.75) is 52.4 Å². The average molecular weight is 376 g/mol. The number of carbonyl (C=O) groups excluding carboxylic acids is 1. The van der Waals surface area contributed by atoms with Crippen molar-refractivity contribution in [2.75, 3.05) is 0 Å².